The number of hydrogen-bond acceptors (Lipinski definition) is 5. The van der Waals surface area contributed by atoms with E-state index in [4.69, 9.17) is 4.74 Å². The quantitative estimate of drug-likeness (QED) is 0.474. The van der Waals surface area contributed by atoms with Gasteiger partial charge in [0.05, 0.1) is 18.0 Å². The van der Waals surface area contributed by atoms with E-state index >= 15 is 0 Å². The Morgan fingerprint density at radius 1 is 1.03 bits per heavy atom. The Kier molecular flexibility index (Phi) is 7.36. The van der Waals surface area contributed by atoms with Gasteiger partial charge in [-0.05, 0) is 54.4 Å². The summed E-state index contributed by atoms with van der Waals surface area (Å²) in [5.41, 5.74) is 1.45. The second-order valence-corrected chi connectivity index (χ2v) is 9.92. The van der Waals surface area contributed by atoms with Crippen LogP contribution in [0.2, 0.25) is 0 Å². The molecule has 1 aliphatic rings. The van der Waals surface area contributed by atoms with Crippen LogP contribution in [0.15, 0.2) is 83.8 Å². The molecule has 2 N–H and O–H groups in total. The molecule has 0 bridgehead atoms. The molecule has 9 heteroatoms. The SMILES string of the molecule is COc1ccc(NS(=O)(=O)c2cccc(C(=O)NC(CN3CCCC3=O)c3ccccc3)c2)cc1. The molecule has 182 valence electrons. The number of likely N-dealkylation sites (tertiary alicyclic amines) is 1. The highest BCUT2D eigenvalue weighted by Crippen LogP contribution is 2.22. The number of benzene rings is 3. The van der Waals surface area contributed by atoms with Crippen molar-refractivity contribution in [3.05, 3.63) is 90.0 Å². The minimum absolute atomic E-state index is 0.0352. The molecular weight excluding hydrogens is 466 g/mol. The van der Waals surface area contributed by atoms with Gasteiger partial charge in [0.1, 0.15) is 5.75 Å². The van der Waals surface area contributed by atoms with E-state index < -0.39 is 22.0 Å². The van der Waals surface area contributed by atoms with E-state index in [0.29, 0.717) is 30.9 Å². The van der Waals surface area contributed by atoms with Gasteiger partial charge in [0.2, 0.25) is 5.91 Å². The van der Waals surface area contributed by atoms with Crippen LogP contribution in [0, 0.1) is 0 Å². The fourth-order valence-corrected chi connectivity index (χ4v) is 5.06. The van der Waals surface area contributed by atoms with E-state index in [1.165, 1.54) is 25.3 Å². The maximum absolute atomic E-state index is 13.1. The Hall–Kier alpha value is -3.85. The average Bonchev–Trinajstić information content (AvgIpc) is 3.28. The maximum Gasteiger partial charge on any atom is 0.261 e. The summed E-state index contributed by atoms with van der Waals surface area (Å²) >= 11 is 0. The molecule has 35 heavy (non-hydrogen) atoms. The zero-order valence-electron chi connectivity index (χ0n) is 19.3. The largest absolute Gasteiger partial charge is 0.497 e. The number of methoxy groups -OCH3 is 1. The lowest BCUT2D eigenvalue weighted by Crippen LogP contribution is -2.38. The lowest BCUT2D eigenvalue weighted by Gasteiger charge is -2.25. The molecule has 3 aromatic rings. The molecule has 0 saturated carbocycles. The minimum Gasteiger partial charge on any atom is -0.497 e. The van der Waals surface area contributed by atoms with Crippen LogP contribution in [0.1, 0.15) is 34.8 Å². The van der Waals surface area contributed by atoms with Gasteiger partial charge >= 0.3 is 0 Å². The molecule has 0 radical (unpaired) electrons. The van der Waals surface area contributed by atoms with Gasteiger partial charge in [0.25, 0.3) is 15.9 Å². The number of anilines is 1. The molecular formula is C26H27N3O5S. The highest BCUT2D eigenvalue weighted by atomic mass is 32.2. The Bertz CT molecular complexity index is 1290. The first kappa shape index (κ1) is 24.3. The van der Waals surface area contributed by atoms with Gasteiger partial charge in [0, 0.05) is 30.8 Å². The molecule has 1 saturated heterocycles. The number of nitrogens with one attached hydrogen (secondary N) is 2. The highest BCUT2D eigenvalue weighted by Gasteiger charge is 2.26. The predicted octanol–water partition coefficient (Wildman–Crippen LogP) is 3.59. The molecule has 4 rings (SSSR count). The van der Waals surface area contributed by atoms with Gasteiger partial charge in [-0.2, -0.15) is 0 Å². The normalized spacial score (nSPS) is 14.4. The standard InChI is InChI=1S/C26H27N3O5S/c1-34-22-14-12-21(13-15-22)28-35(32,33)23-10-5-9-20(17-23)26(31)27-24(19-7-3-2-4-8-19)18-29-16-6-11-25(29)30/h2-5,7-10,12-15,17,24,28H,6,11,16,18H2,1H3,(H,27,31). The third-order valence-electron chi connectivity index (χ3n) is 5.83. The predicted molar refractivity (Wildman–Crippen MR) is 133 cm³/mol. The molecule has 2 amide bonds. The molecule has 1 atom stereocenters. The number of nitrogens with zero attached hydrogens (tertiary/aromatic N) is 1. The lowest BCUT2D eigenvalue weighted by atomic mass is 10.1. The van der Waals surface area contributed by atoms with Crippen LogP contribution in [0.3, 0.4) is 0 Å². The van der Waals surface area contributed by atoms with Crippen LogP contribution in [0.5, 0.6) is 5.75 Å². The van der Waals surface area contributed by atoms with Crippen molar-refractivity contribution in [3.63, 3.8) is 0 Å². The summed E-state index contributed by atoms with van der Waals surface area (Å²) in [5, 5.41) is 2.98. The monoisotopic (exact) mass is 493 g/mol. The third kappa shape index (κ3) is 5.99. The fraction of sp³-hybridized carbons (Fsp3) is 0.231. The van der Waals surface area contributed by atoms with Crippen LogP contribution in [0.4, 0.5) is 5.69 Å². The summed E-state index contributed by atoms with van der Waals surface area (Å²) in [7, 11) is -2.39. The number of carbonyl (C=O) groups is 2. The van der Waals surface area contributed by atoms with Gasteiger partial charge in [0.15, 0.2) is 0 Å². The topological polar surface area (TPSA) is 105 Å². The van der Waals surface area contributed by atoms with E-state index in [2.05, 4.69) is 10.0 Å². The van der Waals surface area contributed by atoms with Crippen molar-refractivity contribution in [1.82, 2.24) is 10.2 Å². The molecule has 0 spiro atoms. The van der Waals surface area contributed by atoms with Gasteiger partial charge in [-0.15, -0.1) is 0 Å². The number of ether oxygens (including phenoxy) is 1. The number of amides is 2. The number of hydrogen-bond donors (Lipinski definition) is 2. The molecule has 0 aliphatic carbocycles. The number of rotatable bonds is 9. The van der Waals surface area contributed by atoms with Crippen molar-refractivity contribution in [2.45, 2.75) is 23.8 Å². The van der Waals surface area contributed by atoms with Gasteiger partial charge in [-0.25, -0.2) is 8.42 Å². The minimum atomic E-state index is -3.92. The van der Waals surface area contributed by atoms with Crippen LogP contribution in [-0.2, 0) is 14.8 Å². The van der Waals surface area contributed by atoms with Crippen molar-refractivity contribution < 1.29 is 22.7 Å². The molecule has 8 nitrogen and oxygen atoms in total. The van der Waals surface area contributed by atoms with Gasteiger partial charge in [-0.1, -0.05) is 36.4 Å². The van der Waals surface area contributed by atoms with Crippen molar-refractivity contribution >= 4 is 27.5 Å². The van der Waals surface area contributed by atoms with Crippen molar-refractivity contribution in [3.8, 4) is 5.75 Å². The third-order valence-corrected chi connectivity index (χ3v) is 7.21. The number of carbonyl (C=O) groups excluding carboxylic acids is 2. The van der Waals surface area contributed by atoms with E-state index in [1.54, 1.807) is 35.2 Å². The zero-order chi connectivity index (χ0) is 24.8. The van der Waals surface area contributed by atoms with Crippen molar-refractivity contribution in [2.24, 2.45) is 0 Å². The zero-order valence-corrected chi connectivity index (χ0v) is 20.1. The molecule has 1 aliphatic heterocycles. The molecule has 1 heterocycles. The fourth-order valence-electron chi connectivity index (χ4n) is 3.96. The molecule has 1 fully saturated rings. The van der Waals surface area contributed by atoms with E-state index in [1.807, 2.05) is 30.3 Å². The smallest absolute Gasteiger partial charge is 0.261 e. The Balaban J connectivity index is 1.52. The first-order valence-corrected chi connectivity index (χ1v) is 12.7. The molecule has 3 aromatic carbocycles. The summed E-state index contributed by atoms with van der Waals surface area (Å²) in [6.45, 7) is 1.01. The maximum atomic E-state index is 13.1. The first-order chi connectivity index (χ1) is 16.9. The van der Waals surface area contributed by atoms with Gasteiger partial charge in [-0.3, -0.25) is 14.3 Å². The Morgan fingerprint density at radius 2 is 1.77 bits per heavy atom. The number of sulfonamides is 1. The Morgan fingerprint density at radius 3 is 2.43 bits per heavy atom. The summed E-state index contributed by atoms with van der Waals surface area (Å²) < 4.78 is 33.5. The van der Waals surface area contributed by atoms with E-state index in [9.17, 15) is 18.0 Å². The summed E-state index contributed by atoms with van der Waals surface area (Å²) in [6, 6.07) is 21.3. The van der Waals surface area contributed by atoms with Gasteiger partial charge < -0.3 is 15.0 Å². The van der Waals surface area contributed by atoms with Crippen molar-refractivity contribution in [2.75, 3.05) is 24.9 Å². The van der Waals surface area contributed by atoms with E-state index in [-0.39, 0.29) is 16.4 Å². The second kappa shape index (κ2) is 10.6. The average molecular weight is 494 g/mol. The van der Waals surface area contributed by atoms with Crippen LogP contribution in [-0.4, -0.2) is 45.3 Å². The summed E-state index contributed by atoms with van der Waals surface area (Å²) in [6.07, 6.45) is 1.31. The van der Waals surface area contributed by atoms with E-state index in [0.717, 1.165) is 12.0 Å². The summed E-state index contributed by atoms with van der Waals surface area (Å²) in [5.74, 6) is 0.250. The van der Waals surface area contributed by atoms with Crippen LogP contribution < -0.4 is 14.8 Å². The lowest BCUT2D eigenvalue weighted by molar-refractivity contribution is -0.128. The second-order valence-electron chi connectivity index (χ2n) is 8.24. The summed E-state index contributed by atoms with van der Waals surface area (Å²) in [4.78, 5) is 27.0. The molecule has 1 unspecified atom stereocenters. The molecule has 0 aromatic heterocycles. The van der Waals surface area contributed by atoms with Crippen molar-refractivity contribution in [1.29, 1.82) is 0 Å². The highest BCUT2D eigenvalue weighted by molar-refractivity contribution is 7.92. The first-order valence-electron chi connectivity index (χ1n) is 11.3. The Labute approximate surface area is 205 Å². The van der Waals surface area contributed by atoms with Crippen LogP contribution >= 0.6 is 0 Å². The van der Waals surface area contributed by atoms with Crippen LogP contribution in [0.25, 0.3) is 0 Å².